The maximum absolute atomic E-state index is 12.1. The van der Waals surface area contributed by atoms with Crippen molar-refractivity contribution >= 4 is 5.78 Å². The van der Waals surface area contributed by atoms with E-state index in [2.05, 4.69) is 39.5 Å². The van der Waals surface area contributed by atoms with Crippen LogP contribution in [0.4, 0.5) is 0 Å². The van der Waals surface area contributed by atoms with Crippen LogP contribution in [0.1, 0.15) is 59.3 Å². The molecule has 0 aromatic carbocycles. The van der Waals surface area contributed by atoms with Gasteiger partial charge >= 0.3 is 0 Å². The second-order valence-corrected chi connectivity index (χ2v) is 8.17. The number of carbonyl (C=O) groups excluding carboxylic acids is 1. The summed E-state index contributed by atoms with van der Waals surface area (Å²) in [7, 11) is 0. The third-order valence-corrected chi connectivity index (χ3v) is 6.06. The molecule has 24 heavy (non-hydrogen) atoms. The van der Waals surface area contributed by atoms with Gasteiger partial charge < -0.3 is 9.84 Å². The average Bonchev–Trinajstić information content (AvgIpc) is 3.05. The molecular weight excluding hydrogens is 300 g/mol. The highest BCUT2D eigenvalue weighted by molar-refractivity contribution is 5.98. The van der Waals surface area contributed by atoms with E-state index < -0.39 is 6.10 Å². The normalized spacial score (nSPS) is 45.3. The Balaban J connectivity index is 1.83. The van der Waals surface area contributed by atoms with Crippen molar-refractivity contribution in [2.24, 2.45) is 11.8 Å². The molecule has 0 amide bonds. The first-order chi connectivity index (χ1) is 11.3. The Morgan fingerprint density at radius 1 is 1.29 bits per heavy atom. The standard InChI is InChI=1S/C21H30O3/c1-13-6-5-9-21(4)19(24-21)8-7-14(2)10-16-12-17(22)15(3)20(16)18(23)11-13/h6,10,16,18-20,23H,3,5,7-9,11-12H2,1-2,4H3/b13-6+,14-10+/t16-,18+,19-,20+,21?/m1/s1. The van der Waals surface area contributed by atoms with Crippen LogP contribution in [0.15, 0.2) is 35.5 Å². The smallest absolute Gasteiger partial charge is 0.159 e. The van der Waals surface area contributed by atoms with Crippen LogP contribution in [0, 0.1) is 11.8 Å². The number of rotatable bonds is 0. The van der Waals surface area contributed by atoms with Gasteiger partial charge in [-0.1, -0.05) is 29.9 Å². The van der Waals surface area contributed by atoms with E-state index in [1.165, 1.54) is 11.1 Å². The van der Waals surface area contributed by atoms with E-state index in [1.54, 1.807) is 0 Å². The maximum atomic E-state index is 12.1. The molecule has 132 valence electrons. The second-order valence-electron chi connectivity index (χ2n) is 8.17. The first-order valence-electron chi connectivity index (χ1n) is 9.21. The van der Waals surface area contributed by atoms with Gasteiger partial charge in [-0.05, 0) is 64.4 Å². The fraction of sp³-hybridized carbons (Fsp3) is 0.667. The number of fused-ring (bicyclic) bond motifs is 2. The summed E-state index contributed by atoms with van der Waals surface area (Å²) in [5.74, 6) is 0.0561. The highest BCUT2D eigenvalue weighted by atomic mass is 16.6. The molecule has 0 bridgehead atoms. The largest absolute Gasteiger partial charge is 0.392 e. The highest BCUT2D eigenvalue weighted by Crippen LogP contribution is 2.44. The molecule has 5 atom stereocenters. The van der Waals surface area contributed by atoms with E-state index in [4.69, 9.17) is 4.74 Å². The molecule has 2 aliphatic carbocycles. The number of hydrogen-bond donors (Lipinski definition) is 1. The molecule has 1 aliphatic heterocycles. The molecule has 1 unspecified atom stereocenters. The SMILES string of the molecule is C=C1C(=O)C[C@H]2/C=C(\C)CC[C@H]3OC3(C)CC/C=C(\C)C[C@H](O)[C@@H]12. The number of carbonyl (C=O) groups is 1. The number of allylic oxidation sites excluding steroid dienone is 3. The Hall–Kier alpha value is -1.19. The maximum Gasteiger partial charge on any atom is 0.159 e. The minimum absolute atomic E-state index is 0.0277. The summed E-state index contributed by atoms with van der Waals surface area (Å²) in [6.07, 6.45) is 9.39. The molecule has 3 nitrogen and oxygen atoms in total. The van der Waals surface area contributed by atoms with Gasteiger partial charge in [-0.25, -0.2) is 0 Å². The molecule has 0 aromatic rings. The summed E-state index contributed by atoms with van der Waals surface area (Å²) in [6, 6.07) is 0. The monoisotopic (exact) mass is 330 g/mol. The molecule has 1 saturated heterocycles. The van der Waals surface area contributed by atoms with Crippen LogP contribution < -0.4 is 0 Å². The van der Waals surface area contributed by atoms with Gasteiger partial charge in [0.1, 0.15) is 0 Å². The van der Waals surface area contributed by atoms with Crippen LogP contribution in [-0.2, 0) is 9.53 Å². The van der Waals surface area contributed by atoms with E-state index in [0.29, 0.717) is 24.5 Å². The summed E-state index contributed by atoms with van der Waals surface area (Å²) in [6.45, 7) is 10.4. The lowest BCUT2D eigenvalue weighted by Gasteiger charge is -2.24. The third kappa shape index (κ3) is 3.57. The first-order valence-corrected chi connectivity index (χ1v) is 9.21. The summed E-state index contributed by atoms with van der Waals surface area (Å²) in [5, 5.41) is 10.7. The lowest BCUT2D eigenvalue weighted by molar-refractivity contribution is -0.114. The van der Waals surface area contributed by atoms with E-state index in [-0.39, 0.29) is 23.2 Å². The van der Waals surface area contributed by atoms with Gasteiger partial charge in [0, 0.05) is 12.3 Å². The zero-order valence-corrected chi connectivity index (χ0v) is 15.2. The molecule has 1 N–H and O–H groups in total. The molecular formula is C21H30O3. The molecule has 3 aliphatic rings. The molecule has 3 rings (SSSR count). The van der Waals surface area contributed by atoms with Crippen molar-refractivity contribution in [2.45, 2.75) is 77.1 Å². The fourth-order valence-electron chi connectivity index (χ4n) is 4.42. The zero-order valence-electron chi connectivity index (χ0n) is 15.2. The quantitative estimate of drug-likeness (QED) is 0.413. The van der Waals surface area contributed by atoms with E-state index in [1.807, 2.05) is 0 Å². The van der Waals surface area contributed by atoms with Crippen molar-refractivity contribution in [1.82, 2.24) is 0 Å². The van der Waals surface area contributed by atoms with Crippen LogP contribution >= 0.6 is 0 Å². The number of ketones is 1. The number of hydrogen-bond acceptors (Lipinski definition) is 3. The van der Waals surface area contributed by atoms with Crippen LogP contribution in [0.25, 0.3) is 0 Å². The Labute approximate surface area is 145 Å². The lowest BCUT2D eigenvalue weighted by atomic mass is 9.83. The predicted molar refractivity (Wildman–Crippen MR) is 95.6 cm³/mol. The van der Waals surface area contributed by atoms with Gasteiger partial charge in [0.05, 0.1) is 17.8 Å². The molecule has 2 fully saturated rings. The van der Waals surface area contributed by atoms with Gasteiger partial charge in [0.25, 0.3) is 0 Å². The minimum Gasteiger partial charge on any atom is -0.392 e. The summed E-state index contributed by atoms with van der Waals surface area (Å²) >= 11 is 0. The van der Waals surface area contributed by atoms with E-state index >= 15 is 0 Å². The van der Waals surface area contributed by atoms with Gasteiger partial charge in [0.2, 0.25) is 0 Å². The lowest BCUT2D eigenvalue weighted by Crippen LogP contribution is -2.25. The van der Waals surface area contributed by atoms with E-state index in [9.17, 15) is 9.90 Å². The number of aliphatic hydroxyl groups is 1. The molecule has 0 radical (unpaired) electrons. The molecule has 1 saturated carbocycles. The van der Waals surface area contributed by atoms with Gasteiger partial charge in [-0.2, -0.15) is 0 Å². The predicted octanol–water partition coefficient (Wildman–Crippen LogP) is 4.12. The van der Waals surface area contributed by atoms with Gasteiger partial charge in [0.15, 0.2) is 5.78 Å². The zero-order chi connectivity index (χ0) is 17.5. The number of epoxide rings is 1. The average molecular weight is 330 g/mol. The van der Waals surface area contributed by atoms with Crippen molar-refractivity contribution in [3.63, 3.8) is 0 Å². The summed E-state index contributed by atoms with van der Waals surface area (Å²) in [5.41, 5.74) is 3.11. The molecule has 0 spiro atoms. The molecule has 3 heteroatoms. The topological polar surface area (TPSA) is 49.8 Å². The Kier molecular flexibility index (Phi) is 4.85. The minimum atomic E-state index is -0.530. The van der Waals surface area contributed by atoms with Crippen molar-refractivity contribution in [3.8, 4) is 0 Å². The van der Waals surface area contributed by atoms with Crippen molar-refractivity contribution in [1.29, 1.82) is 0 Å². The Bertz CT molecular complexity index is 600. The second kappa shape index (κ2) is 6.61. The number of ether oxygens (including phenoxy) is 1. The van der Waals surface area contributed by atoms with Crippen LogP contribution in [-0.4, -0.2) is 28.7 Å². The first kappa shape index (κ1) is 17.6. The van der Waals surface area contributed by atoms with Gasteiger partial charge in [-0.3, -0.25) is 4.79 Å². The Morgan fingerprint density at radius 3 is 2.79 bits per heavy atom. The number of Topliss-reactive ketones (excluding diaryl/α,β-unsaturated/α-hetero) is 1. The van der Waals surface area contributed by atoms with Crippen LogP contribution in [0.5, 0.6) is 0 Å². The highest BCUT2D eigenvalue weighted by Gasteiger charge is 2.50. The summed E-state index contributed by atoms with van der Waals surface area (Å²) in [4.78, 5) is 12.1. The fourth-order valence-corrected chi connectivity index (χ4v) is 4.42. The van der Waals surface area contributed by atoms with Crippen molar-refractivity contribution in [3.05, 3.63) is 35.5 Å². The third-order valence-electron chi connectivity index (χ3n) is 6.06. The van der Waals surface area contributed by atoms with Crippen LogP contribution in [0.2, 0.25) is 0 Å². The summed E-state index contributed by atoms with van der Waals surface area (Å²) < 4.78 is 5.93. The van der Waals surface area contributed by atoms with Crippen molar-refractivity contribution in [2.75, 3.05) is 0 Å². The Morgan fingerprint density at radius 2 is 2.04 bits per heavy atom. The van der Waals surface area contributed by atoms with Crippen LogP contribution in [0.3, 0.4) is 0 Å². The number of aliphatic hydroxyl groups excluding tert-OH is 1. The van der Waals surface area contributed by atoms with E-state index in [0.717, 1.165) is 25.7 Å². The molecule has 1 heterocycles. The molecule has 0 aromatic heterocycles. The van der Waals surface area contributed by atoms with Crippen molar-refractivity contribution < 1.29 is 14.6 Å². The van der Waals surface area contributed by atoms with Gasteiger partial charge in [-0.15, -0.1) is 0 Å².